The Morgan fingerprint density at radius 2 is 2.40 bits per heavy atom. The highest BCUT2D eigenvalue weighted by Gasteiger charge is 2.17. The van der Waals surface area contributed by atoms with E-state index in [0.29, 0.717) is 23.6 Å². The molecule has 0 saturated heterocycles. The number of carbonyl (C=O) groups excluding carboxylic acids is 1. The standard InChI is InChI=1S/C11H14ClNO2/c1-8(4-6-15-2)11(14)9-3-5-13-7-10(9)12/h3,5,7-8H,4,6H2,1-2H3. The Kier molecular flexibility index (Phi) is 4.72. The molecule has 0 fully saturated rings. The van der Waals surface area contributed by atoms with Crippen LogP contribution in [0.25, 0.3) is 0 Å². The molecular weight excluding hydrogens is 214 g/mol. The summed E-state index contributed by atoms with van der Waals surface area (Å²) in [5.41, 5.74) is 0.537. The zero-order valence-corrected chi connectivity index (χ0v) is 9.62. The monoisotopic (exact) mass is 227 g/mol. The van der Waals surface area contributed by atoms with Crippen LogP contribution in [-0.2, 0) is 4.74 Å². The van der Waals surface area contributed by atoms with Crippen molar-refractivity contribution in [3.8, 4) is 0 Å². The van der Waals surface area contributed by atoms with Gasteiger partial charge in [0.15, 0.2) is 5.78 Å². The predicted molar refractivity (Wildman–Crippen MR) is 59.2 cm³/mol. The van der Waals surface area contributed by atoms with Gasteiger partial charge in [-0.2, -0.15) is 0 Å². The minimum absolute atomic E-state index is 0.0412. The van der Waals surface area contributed by atoms with E-state index in [-0.39, 0.29) is 11.7 Å². The molecule has 0 aliphatic carbocycles. The van der Waals surface area contributed by atoms with Crippen molar-refractivity contribution >= 4 is 17.4 Å². The Labute approximate surface area is 94.4 Å². The zero-order chi connectivity index (χ0) is 11.3. The van der Waals surface area contributed by atoms with Gasteiger partial charge in [-0.1, -0.05) is 18.5 Å². The lowest BCUT2D eigenvalue weighted by Gasteiger charge is -2.10. The van der Waals surface area contributed by atoms with Crippen molar-refractivity contribution in [1.29, 1.82) is 0 Å². The maximum absolute atomic E-state index is 11.9. The van der Waals surface area contributed by atoms with Crippen LogP contribution in [0.3, 0.4) is 0 Å². The first kappa shape index (κ1) is 12.1. The van der Waals surface area contributed by atoms with Crippen molar-refractivity contribution < 1.29 is 9.53 Å². The van der Waals surface area contributed by atoms with Gasteiger partial charge in [0.1, 0.15) is 0 Å². The minimum Gasteiger partial charge on any atom is -0.385 e. The van der Waals surface area contributed by atoms with E-state index in [1.54, 1.807) is 19.4 Å². The lowest BCUT2D eigenvalue weighted by molar-refractivity contribution is 0.0894. The predicted octanol–water partition coefficient (Wildman–Crippen LogP) is 2.59. The number of Topliss-reactive ketones (excluding diaryl/α,β-unsaturated/α-hetero) is 1. The lowest BCUT2D eigenvalue weighted by atomic mass is 9.97. The zero-order valence-electron chi connectivity index (χ0n) is 8.87. The quantitative estimate of drug-likeness (QED) is 0.726. The van der Waals surface area contributed by atoms with Crippen LogP contribution in [0.4, 0.5) is 0 Å². The average Bonchev–Trinajstić information content (AvgIpc) is 2.25. The summed E-state index contributed by atoms with van der Waals surface area (Å²) >= 11 is 5.88. The SMILES string of the molecule is COCCC(C)C(=O)c1ccncc1Cl. The third-order valence-corrected chi connectivity index (χ3v) is 2.54. The molecule has 1 heterocycles. The molecule has 15 heavy (non-hydrogen) atoms. The van der Waals surface area contributed by atoms with E-state index in [1.807, 2.05) is 6.92 Å². The van der Waals surface area contributed by atoms with E-state index in [2.05, 4.69) is 4.98 Å². The van der Waals surface area contributed by atoms with Gasteiger partial charge in [-0.15, -0.1) is 0 Å². The Bertz CT molecular complexity index is 341. The second-order valence-electron chi connectivity index (χ2n) is 3.40. The number of hydrogen-bond donors (Lipinski definition) is 0. The second-order valence-corrected chi connectivity index (χ2v) is 3.81. The smallest absolute Gasteiger partial charge is 0.167 e. The Morgan fingerprint density at radius 1 is 1.67 bits per heavy atom. The molecule has 3 nitrogen and oxygen atoms in total. The molecular formula is C11H14ClNO2. The van der Waals surface area contributed by atoms with Crippen LogP contribution in [0.1, 0.15) is 23.7 Å². The summed E-state index contributed by atoms with van der Waals surface area (Å²) in [6.45, 7) is 2.45. The number of nitrogens with zero attached hydrogens (tertiary/aromatic N) is 1. The van der Waals surface area contributed by atoms with E-state index >= 15 is 0 Å². The fourth-order valence-electron chi connectivity index (χ4n) is 1.27. The fraction of sp³-hybridized carbons (Fsp3) is 0.455. The van der Waals surface area contributed by atoms with Crippen LogP contribution in [0, 0.1) is 5.92 Å². The Morgan fingerprint density at radius 3 is 3.00 bits per heavy atom. The Balaban J connectivity index is 2.72. The maximum atomic E-state index is 11.9. The number of carbonyl (C=O) groups is 1. The van der Waals surface area contributed by atoms with Crippen molar-refractivity contribution in [2.75, 3.05) is 13.7 Å². The second kappa shape index (κ2) is 5.83. The molecule has 0 bridgehead atoms. The molecule has 0 saturated carbocycles. The van der Waals surface area contributed by atoms with Gasteiger partial charge in [-0.05, 0) is 12.5 Å². The lowest BCUT2D eigenvalue weighted by Crippen LogP contribution is -2.14. The van der Waals surface area contributed by atoms with Crippen molar-refractivity contribution in [2.24, 2.45) is 5.92 Å². The first-order valence-corrected chi connectivity index (χ1v) is 5.17. The van der Waals surface area contributed by atoms with Gasteiger partial charge in [-0.25, -0.2) is 0 Å². The van der Waals surface area contributed by atoms with Gasteiger partial charge in [0, 0.05) is 37.6 Å². The van der Waals surface area contributed by atoms with E-state index in [1.165, 1.54) is 6.20 Å². The molecule has 1 atom stereocenters. The summed E-state index contributed by atoms with van der Waals surface area (Å²) in [6.07, 6.45) is 3.76. The highest BCUT2D eigenvalue weighted by molar-refractivity contribution is 6.33. The molecule has 0 spiro atoms. The van der Waals surface area contributed by atoms with Gasteiger partial charge in [0.05, 0.1) is 5.02 Å². The fourth-order valence-corrected chi connectivity index (χ4v) is 1.48. The van der Waals surface area contributed by atoms with E-state index in [9.17, 15) is 4.79 Å². The van der Waals surface area contributed by atoms with Crippen LogP contribution in [-0.4, -0.2) is 24.5 Å². The summed E-state index contributed by atoms with van der Waals surface area (Å²) in [5, 5.41) is 0.409. The van der Waals surface area contributed by atoms with E-state index in [4.69, 9.17) is 16.3 Å². The molecule has 1 aromatic heterocycles. The van der Waals surface area contributed by atoms with Gasteiger partial charge >= 0.3 is 0 Å². The summed E-state index contributed by atoms with van der Waals surface area (Å²) in [7, 11) is 1.62. The van der Waals surface area contributed by atoms with Gasteiger partial charge < -0.3 is 4.74 Å². The molecule has 0 aliphatic heterocycles. The molecule has 0 aliphatic rings. The normalized spacial score (nSPS) is 12.5. The third-order valence-electron chi connectivity index (χ3n) is 2.24. The van der Waals surface area contributed by atoms with E-state index in [0.717, 1.165) is 0 Å². The van der Waals surface area contributed by atoms with Crippen molar-refractivity contribution in [2.45, 2.75) is 13.3 Å². The molecule has 0 radical (unpaired) electrons. The molecule has 0 N–H and O–H groups in total. The van der Waals surface area contributed by atoms with Crippen molar-refractivity contribution in [3.05, 3.63) is 29.0 Å². The summed E-state index contributed by atoms with van der Waals surface area (Å²) in [6, 6.07) is 1.65. The Hall–Kier alpha value is -0.930. The first-order valence-electron chi connectivity index (χ1n) is 4.79. The first-order chi connectivity index (χ1) is 7.16. The summed E-state index contributed by atoms with van der Waals surface area (Å²) in [5.74, 6) is -0.0377. The van der Waals surface area contributed by atoms with Crippen molar-refractivity contribution in [3.63, 3.8) is 0 Å². The molecule has 4 heteroatoms. The topological polar surface area (TPSA) is 39.2 Å². The van der Waals surface area contributed by atoms with Crippen LogP contribution in [0.5, 0.6) is 0 Å². The van der Waals surface area contributed by atoms with Crippen LogP contribution < -0.4 is 0 Å². The van der Waals surface area contributed by atoms with Crippen LogP contribution >= 0.6 is 11.6 Å². The molecule has 1 unspecified atom stereocenters. The number of methoxy groups -OCH3 is 1. The average molecular weight is 228 g/mol. The minimum atomic E-state index is -0.0788. The number of pyridine rings is 1. The molecule has 0 aromatic carbocycles. The highest BCUT2D eigenvalue weighted by atomic mass is 35.5. The number of rotatable bonds is 5. The van der Waals surface area contributed by atoms with Crippen LogP contribution in [0.15, 0.2) is 18.5 Å². The van der Waals surface area contributed by atoms with Crippen LogP contribution in [0.2, 0.25) is 5.02 Å². The maximum Gasteiger partial charge on any atom is 0.167 e. The largest absolute Gasteiger partial charge is 0.385 e. The van der Waals surface area contributed by atoms with E-state index < -0.39 is 0 Å². The molecule has 82 valence electrons. The summed E-state index contributed by atoms with van der Waals surface area (Å²) < 4.78 is 4.93. The van der Waals surface area contributed by atoms with Crippen molar-refractivity contribution in [1.82, 2.24) is 4.98 Å². The molecule has 0 amide bonds. The molecule has 1 aromatic rings. The number of halogens is 1. The molecule has 1 rings (SSSR count). The van der Waals surface area contributed by atoms with Gasteiger partial charge in [0.25, 0.3) is 0 Å². The van der Waals surface area contributed by atoms with Gasteiger partial charge in [-0.3, -0.25) is 9.78 Å². The number of hydrogen-bond acceptors (Lipinski definition) is 3. The number of ether oxygens (including phenoxy) is 1. The number of ketones is 1. The third kappa shape index (κ3) is 3.29. The van der Waals surface area contributed by atoms with Gasteiger partial charge in [0.2, 0.25) is 0 Å². The summed E-state index contributed by atoms with van der Waals surface area (Å²) in [4.78, 5) is 15.7. The number of aromatic nitrogens is 1. The highest BCUT2D eigenvalue weighted by Crippen LogP contribution is 2.19.